The van der Waals surface area contributed by atoms with Crippen LogP contribution >= 0.6 is 12.2 Å². The van der Waals surface area contributed by atoms with Gasteiger partial charge in [-0.3, -0.25) is 25.8 Å². The molecule has 3 N–H and O–H groups in total. The number of carbonyl (C=O) groups excluding carboxylic acids is 2. The van der Waals surface area contributed by atoms with Crippen molar-refractivity contribution in [1.29, 1.82) is 0 Å². The summed E-state index contributed by atoms with van der Waals surface area (Å²) in [4.78, 5) is 24.2. The van der Waals surface area contributed by atoms with Gasteiger partial charge in [-0.15, -0.1) is 0 Å². The van der Waals surface area contributed by atoms with Gasteiger partial charge >= 0.3 is 0 Å². The van der Waals surface area contributed by atoms with Crippen molar-refractivity contribution in [3.05, 3.63) is 59.7 Å². The summed E-state index contributed by atoms with van der Waals surface area (Å²) in [5, 5.41) is 2.47. The summed E-state index contributed by atoms with van der Waals surface area (Å²) in [6.45, 7) is 6.52. The standard InChI is InChI=1S/C22H27N3O4S/c1-15(2)11-12-28-18-9-6-8-17(13-18)21(27)23-22(30)25-24-20(26)14-29-19-10-5-4-7-16(19)3/h4-10,13,15H,11-12,14H2,1-3H3,(H,24,26)(H2,23,25,27,30). The van der Waals surface area contributed by atoms with Crippen molar-refractivity contribution in [1.82, 2.24) is 16.2 Å². The van der Waals surface area contributed by atoms with Crippen molar-refractivity contribution in [3.63, 3.8) is 0 Å². The predicted octanol–water partition coefficient (Wildman–Crippen LogP) is 3.13. The molecule has 0 aromatic heterocycles. The molecule has 0 radical (unpaired) electrons. The first kappa shape index (κ1) is 23.2. The van der Waals surface area contributed by atoms with E-state index in [4.69, 9.17) is 21.7 Å². The lowest BCUT2D eigenvalue weighted by atomic mass is 10.1. The van der Waals surface area contributed by atoms with Crippen LogP contribution in [0.15, 0.2) is 48.5 Å². The molecule has 0 aliphatic heterocycles. The highest BCUT2D eigenvalue weighted by Crippen LogP contribution is 2.16. The monoisotopic (exact) mass is 429 g/mol. The van der Waals surface area contributed by atoms with Crippen molar-refractivity contribution >= 4 is 29.1 Å². The summed E-state index contributed by atoms with van der Waals surface area (Å²) in [6.07, 6.45) is 0.928. The molecule has 2 amide bonds. The maximum absolute atomic E-state index is 12.4. The molecule has 2 rings (SSSR count). The molecule has 2 aromatic rings. The summed E-state index contributed by atoms with van der Waals surface area (Å²) in [5.74, 6) is 0.933. The number of benzene rings is 2. The molecule has 0 unspecified atom stereocenters. The average molecular weight is 430 g/mol. The van der Waals surface area contributed by atoms with E-state index in [0.29, 0.717) is 29.6 Å². The minimum absolute atomic E-state index is 0.0321. The van der Waals surface area contributed by atoms with Gasteiger partial charge in [0, 0.05) is 5.56 Å². The highest BCUT2D eigenvalue weighted by atomic mass is 32.1. The van der Waals surface area contributed by atoms with E-state index in [1.165, 1.54) is 0 Å². The van der Waals surface area contributed by atoms with Crippen molar-refractivity contribution in [2.75, 3.05) is 13.2 Å². The Morgan fingerprint density at radius 2 is 1.80 bits per heavy atom. The van der Waals surface area contributed by atoms with Crippen LogP contribution in [0.5, 0.6) is 11.5 Å². The minimum Gasteiger partial charge on any atom is -0.494 e. The van der Waals surface area contributed by atoms with Gasteiger partial charge in [0.05, 0.1) is 6.61 Å². The van der Waals surface area contributed by atoms with Gasteiger partial charge < -0.3 is 9.47 Å². The Hall–Kier alpha value is -3.13. The lowest BCUT2D eigenvalue weighted by Gasteiger charge is -2.13. The molecule has 0 heterocycles. The quantitative estimate of drug-likeness (QED) is 0.441. The van der Waals surface area contributed by atoms with Crippen molar-refractivity contribution < 1.29 is 19.1 Å². The van der Waals surface area contributed by atoms with Crippen molar-refractivity contribution in [3.8, 4) is 11.5 Å². The highest BCUT2D eigenvalue weighted by Gasteiger charge is 2.10. The van der Waals surface area contributed by atoms with Gasteiger partial charge in [-0.05, 0) is 61.3 Å². The number of carbonyl (C=O) groups is 2. The molecule has 0 aliphatic carbocycles. The zero-order valence-corrected chi connectivity index (χ0v) is 18.2. The zero-order valence-electron chi connectivity index (χ0n) is 17.4. The predicted molar refractivity (Wildman–Crippen MR) is 119 cm³/mol. The first-order valence-electron chi connectivity index (χ1n) is 9.66. The second-order valence-electron chi connectivity index (χ2n) is 7.07. The van der Waals surface area contributed by atoms with Gasteiger partial charge in [0.1, 0.15) is 11.5 Å². The van der Waals surface area contributed by atoms with Crippen LogP contribution in [0.25, 0.3) is 0 Å². The largest absolute Gasteiger partial charge is 0.494 e. The number of nitrogens with one attached hydrogen (secondary N) is 3. The molecule has 0 saturated heterocycles. The Balaban J connectivity index is 1.75. The van der Waals surface area contributed by atoms with Crippen LogP contribution in [0.4, 0.5) is 0 Å². The Morgan fingerprint density at radius 1 is 1.03 bits per heavy atom. The number of amides is 2. The summed E-state index contributed by atoms with van der Waals surface area (Å²) >= 11 is 5.05. The fraction of sp³-hybridized carbons (Fsp3) is 0.318. The van der Waals surface area contributed by atoms with Crippen molar-refractivity contribution in [2.45, 2.75) is 27.2 Å². The Bertz CT molecular complexity index is 886. The zero-order chi connectivity index (χ0) is 21.9. The van der Waals surface area contributed by atoms with E-state index < -0.39 is 11.8 Å². The first-order valence-corrected chi connectivity index (χ1v) is 10.1. The fourth-order valence-electron chi connectivity index (χ4n) is 2.37. The molecule has 7 nitrogen and oxygen atoms in total. The molecule has 8 heteroatoms. The Kier molecular flexibility index (Phi) is 9.08. The molecule has 30 heavy (non-hydrogen) atoms. The smallest absolute Gasteiger partial charge is 0.276 e. The molecular weight excluding hydrogens is 402 g/mol. The first-order chi connectivity index (χ1) is 14.3. The van der Waals surface area contributed by atoms with E-state index in [2.05, 4.69) is 30.0 Å². The lowest BCUT2D eigenvalue weighted by molar-refractivity contribution is -0.123. The number of hydrogen-bond donors (Lipinski definition) is 3. The fourth-order valence-corrected chi connectivity index (χ4v) is 2.51. The number of ether oxygens (including phenoxy) is 2. The van der Waals surface area contributed by atoms with Crippen LogP contribution in [0.2, 0.25) is 0 Å². The van der Waals surface area contributed by atoms with E-state index in [-0.39, 0.29) is 11.7 Å². The maximum atomic E-state index is 12.4. The Morgan fingerprint density at radius 3 is 2.53 bits per heavy atom. The summed E-state index contributed by atoms with van der Waals surface area (Å²) in [7, 11) is 0. The van der Waals surface area contributed by atoms with Gasteiger partial charge in [-0.2, -0.15) is 0 Å². The molecule has 0 bridgehead atoms. The maximum Gasteiger partial charge on any atom is 0.276 e. The molecule has 0 saturated carbocycles. The van der Waals surface area contributed by atoms with E-state index in [1.54, 1.807) is 30.3 Å². The van der Waals surface area contributed by atoms with Gasteiger partial charge in [0.25, 0.3) is 11.8 Å². The van der Waals surface area contributed by atoms with Crippen LogP contribution in [0, 0.1) is 12.8 Å². The molecule has 0 spiro atoms. The van der Waals surface area contributed by atoms with Gasteiger partial charge in [0.2, 0.25) is 0 Å². The Labute approximate surface area is 182 Å². The summed E-state index contributed by atoms with van der Waals surface area (Å²) < 4.78 is 11.1. The minimum atomic E-state index is -0.435. The SMILES string of the molecule is Cc1ccccc1OCC(=O)NNC(=S)NC(=O)c1cccc(OCCC(C)C)c1. The molecule has 0 atom stereocenters. The molecule has 0 fully saturated rings. The van der Waals surface area contributed by atoms with E-state index in [0.717, 1.165) is 12.0 Å². The van der Waals surface area contributed by atoms with Crippen LogP contribution in [0.3, 0.4) is 0 Å². The number of rotatable bonds is 8. The van der Waals surface area contributed by atoms with E-state index in [1.807, 2.05) is 25.1 Å². The normalized spacial score (nSPS) is 10.3. The van der Waals surface area contributed by atoms with E-state index in [9.17, 15) is 9.59 Å². The van der Waals surface area contributed by atoms with Gasteiger partial charge in [-0.25, -0.2) is 0 Å². The second kappa shape index (κ2) is 11.8. The number of hydrogen-bond acceptors (Lipinski definition) is 5. The highest BCUT2D eigenvalue weighted by molar-refractivity contribution is 7.80. The van der Waals surface area contributed by atoms with Crippen LogP contribution < -0.4 is 25.6 Å². The van der Waals surface area contributed by atoms with Gasteiger partial charge in [0.15, 0.2) is 11.7 Å². The van der Waals surface area contributed by atoms with Crippen LogP contribution in [0.1, 0.15) is 36.2 Å². The van der Waals surface area contributed by atoms with E-state index >= 15 is 0 Å². The average Bonchev–Trinajstić information content (AvgIpc) is 2.71. The van der Waals surface area contributed by atoms with Gasteiger partial charge in [-0.1, -0.05) is 38.1 Å². The molecule has 0 aliphatic rings. The molecule has 2 aromatic carbocycles. The summed E-state index contributed by atoms with van der Waals surface area (Å²) in [5.41, 5.74) is 6.19. The molecular formula is C22H27N3O4S. The van der Waals surface area contributed by atoms with Crippen LogP contribution in [-0.4, -0.2) is 30.1 Å². The molecule has 160 valence electrons. The number of para-hydroxylation sites is 1. The van der Waals surface area contributed by atoms with Crippen molar-refractivity contribution in [2.24, 2.45) is 5.92 Å². The summed E-state index contributed by atoms with van der Waals surface area (Å²) in [6, 6.07) is 14.2. The second-order valence-corrected chi connectivity index (χ2v) is 7.48. The number of aryl methyl sites for hydroxylation is 1. The third kappa shape index (κ3) is 8.08. The lowest BCUT2D eigenvalue weighted by Crippen LogP contribution is -2.49. The number of thiocarbonyl (C=S) groups is 1. The third-order valence-corrected chi connectivity index (χ3v) is 4.26. The number of hydrazine groups is 1. The third-order valence-electron chi connectivity index (χ3n) is 4.06. The topological polar surface area (TPSA) is 88.7 Å². The van der Waals surface area contributed by atoms with Crippen LogP contribution in [-0.2, 0) is 4.79 Å².